The number of halogens is 1. The fraction of sp³-hybridized carbons (Fsp3) is 0.533. The lowest BCUT2D eigenvalue weighted by Crippen LogP contribution is -2.45. The zero-order valence-corrected chi connectivity index (χ0v) is 12.6. The summed E-state index contributed by atoms with van der Waals surface area (Å²) in [5, 5.41) is 9.64. The highest BCUT2D eigenvalue weighted by Crippen LogP contribution is 2.25. The van der Waals surface area contributed by atoms with Crippen molar-refractivity contribution in [1.82, 2.24) is 9.80 Å². The smallest absolute Gasteiger partial charge is 0.253 e. The Kier molecular flexibility index (Phi) is 4.33. The van der Waals surface area contributed by atoms with E-state index in [9.17, 15) is 9.90 Å². The molecule has 0 aliphatic carbocycles. The highest BCUT2D eigenvalue weighted by Gasteiger charge is 2.31. The van der Waals surface area contributed by atoms with Crippen molar-refractivity contribution in [3.63, 3.8) is 0 Å². The molecule has 3 rings (SSSR count). The van der Waals surface area contributed by atoms with Crippen molar-refractivity contribution in [3.05, 3.63) is 28.8 Å². The molecule has 0 aromatic heterocycles. The van der Waals surface area contributed by atoms with Crippen molar-refractivity contribution in [3.8, 4) is 5.75 Å². The maximum absolute atomic E-state index is 12.5. The second kappa shape index (κ2) is 6.22. The van der Waals surface area contributed by atoms with Crippen LogP contribution in [0.3, 0.4) is 0 Å². The van der Waals surface area contributed by atoms with Gasteiger partial charge in [0.1, 0.15) is 5.75 Å². The van der Waals surface area contributed by atoms with Gasteiger partial charge in [-0.1, -0.05) is 11.6 Å². The van der Waals surface area contributed by atoms with E-state index in [1.807, 2.05) is 4.90 Å². The Morgan fingerprint density at radius 1 is 1.29 bits per heavy atom. The van der Waals surface area contributed by atoms with E-state index in [0.29, 0.717) is 11.6 Å². The molecule has 1 amide bonds. The summed E-state index contributed by atoms with van der Waals surface area (Å²) >= 11 is 5.87. The number of amides is 1. The summed E-state index contributed by atoms with van der Waals surface area (Å²) in [5.41, 5.74) is 0.528. The molecule has 1 atom stereocenters. The number of phenolic OH excluding ortho intramolecular Hbond substituents is 1. The van der Waals surface area contributed by atoms with Crippen LogP contribution in [0.1, 0.15) is 16.8 Å². The maximum atomic E-state index is 12.5. The number of phenols is 1. The molecule has 6 heteroatoms. The molecule has 1 N–H and O–H groups in total. The SMILES string of the molecule is O=C(c1ccc(O)c(Cl)c1)N1CCC(N2CCOCC2)C1. The molecule has 0 saturated carbocycles. The first-order valence-electron chi connectivity index (χ1n) is 7.25. The lowest BCUT2D eigenvalue weighted by Gasteiger charge is -2.32. The lowest BCUT2D eigenvalue weighted by atomic mass is 10.2. The fourth-order valence-corrected chi connectivity index (χ4v) is 3.17. The number of ether oxygens (including phenoxy) is 1. The standard InChI is InChI=1S/C15H19ClN2O3/c16-13-9-11(1-2-14(13)19)15(20)18-4-3-12(10-18)17-5-7-21-8-6-17/h1-2,9,12,19H,3-8,10H2. The van der Waals surface area contributed by atoms with Crippen LogP contribution in [0.5, 0.6) is 5.75 Å². The first kappa shape index (κ1) is 14.6. The van der Waals surface area contributed by atoms with Crippen LogP contribution in [0.4, 0.5) is 0 Å². The molecule has 0 radical (unpaired) electrons. The van der Waals surface area contributed by atoms with Gasteiger partial charge in [-0.05, 0) is 24.6 Å². The molecule has 21 heavy (non-hydrogen) atoms. The molecule has 2 aliphatic heterocycles. The van der Waals surface area contributed by atoms with Gasteiger partial charge in [0, 0.05) is 37.8 Å². The first-order chi connectivity index (χ1) is 10.1. The van der Waals surface area contributed by atoms with Gasteiger partial charge in [0.25, 0.3) is 5.91 Å². The van der Waals surface area contributed by atoms with Gasteiger partial charge in [-0.3, -0.25) is 9.69 Å². The van der Waals surface area contributed by atoms with Crippen molar-refractivity contribution in [2.45, 2.75) is 12.5 Å². The summed E-state index contributed by atoms with van der Waals surface area (Å²) in [6.07, 6.45) is 0.998. The summed E-state index contributed by atoms with van der Waals surface area (Å²) in [7, 11) is 0. The number of aromatic hydroxyl groups is 1. The van der Waals surface area contributed by atoms with Crippen LogP contribution in [0.2, 0.25) is 5.02 Å². The quantitative estimate of drug-likeness (QED) is 0.901. The topological polar surface area (TPSA) is 53.0 Å². The molecule has 2 heterocycles. The molecule has 0 bridgehead atoms. The molecule has 114 valence electrons. The first-order valence-corrected chi connectivity index (χ1v) is 7.62. The van der Waals surface area contributed by atoms with E-state index < -0.39 is 0 Å². The average Bonchev–Trinajstić information content (AvgIpc) is 3.00. The summed E-state index contributed by atoms with van der Waals surface area (Å²) in [5.74, 6) is -0.0199. The Morgan fingerprint density at radius 3 is 2.76 bits per heavy atom. The number of morpholine rings is 1. The summed E-state index contributed by atoms with van der Waals surface area (Å²) < 4.78 is 5.37. The van der Waals surface area contributed by atoms with Crippen LogP contribution in [0, 0.1) is 0 Å². The Balaban J connectivity index is 1.64. The van der Waals surface area contributed by atoms with E-state index in [1.54, 1.807) is 6.07 Å². The van der Waals surface area contributed by atoms with E-state index in [2.05, 4.69) is 4.90 Å². The number of hydrogen-bond donors (Lipinski definition) is 1. The molecule has 2 aliphatic rings. The number of nitrogens with zero attached hydrogens (tertiary/aromatic N) is 2. The minimum atomic E-state index is -0.0207. The van der Waals surface area contributed by atoms with Gasteiger partial charge in [-0.2, -0.15) is 0 Å². The van der Waals surface area contributed by atoms with Crippen molar-refractivity contribution in [2.75, 3.05) is 39.4 Å². The minimum Gasteiger partial charge on any atom is -0.506 e. The fourth-order valence-electron chi connectivity index (χ4n) is 2.99. The van der Waals surface area contributed by atoms with Crippen LogP contribution < -0.4 is 0 Å². The highest BCUT2D eigenvalue weighted by molar-refractivity contribution is 6.32. The van der Waals surface area contributed by atoms with E-state index >= 15 is 0 Å². The highest BCUT2D eigenvalue weighted by atomic mass is 35.5. The van der Waals surface area contributed by atoms with Crippen LogP contribution >= 0.6 is 11.6 Å². The van der Waals surface area contributed by atoms with Gasteiger partial charge >= 0.3 is 0 Å². The number of hydrogen-bond acceptors (Lipinski definition) is 4. The largest absolute Gasteiger partial charge is 0.506 e. The van der Waals surface area contributed by atoms with E-state index in [-0.39, 0.29) is 16.7 Å². The van der Waals surface area contributed by atoms with Crippen LogP contribution in [-0.4, -0.2) is 66.2 Å². The van der Waals surface area contributed by atoms with E-state index in [0.717, 1.165) is 45.8 Å². The molecule has 1 aromatic rings. The predicted molar refractivity (Wildman–Crippen MR) is 79.8 cm³/mol. The van der Waals surface area contributed by atoms with Crippen LogP contribution in [-0.2, 0) is 4.74 Å². The van der Waals surface area contributed by atoms with Gasteiger partial charge in [0.05, 0.1) is 18.2 Å². The summed E-state index contributed by atoms with van der Waals surface area (Å²) in [6, 6.07) is 5.03. The molecule has 2 fully saturated rings. The minimum absolute atomic E-state index is 0.000770. The van der Waals surface area contributed by atoms with Crippen LogP contribution in [0.15, 0.2) is 18.2 Å². The third-order valence-corrected chi connectivity index (χ3v) is 4.51. The Hall–Kier alpha value is -1.30. The zero-order valence-electron chi connectivity index (χ0n) is 11.8. The molecule has 1 aromatic carbocycles. The van der Waals surface area contributed by atoms with Gasteiger partial charge < -0.3 is 14.7 Å². The van der Waals surface area contributed by atoms with Crippen molar-refractivity contribution in [2.24, 2.45) is 0 Å². The Labute approximate surface area is 129 Å². The normalized spacial score (nSPS) is 23.5. The monoisotopic (exact) mass is 310 g/mol. The number of likely N-dealkylation sites (tertiary alicyclic amines) is 1. The van der Waals surface area contributed by atoms with E-state index in [1.165, 1.54) is 12.1 Å². The van der Waals surface area contributed by atoms with Gasteiger partial charge in [0.2, 0.25) is 0 Å². The predicted octanol–water partition coefficient (Wildman–Crippen LogP) is 1.59. The van der Waals surface area contributed by atoms with Gasteiger partial charge in [-0.15, -0.1) is 0 Å². The third-order valence-electron chi connectivity index (χ3n) is 4.21. The second-order valence-electron chi connectivity index (χ2n) is 5.51. The van der Waals surface area contributed by atoms with Crippen molar-refractivity contribution >= 4 is 17.5 Å². The van der Waals surface area contributed by atoms with Gasteiger partial charge in [0.15, 0.2) is 0 Å². The number of carbonyl (C=O) groups is 1. The van der Waals surface area contributed by atoms with Crippen molar-refractivity contribution in [1.29, 1.82) is 0 Å². The van der Waals surface area contributed by atoms with E-state index in [4.69, 9.17) is 16.3 Å². The van der Waals surface area contributed by atoms with Crippen molar-refractivity contribution < 1.29 is 14.6 Å². The maximum Gasteiger partial charge on any atom is 0.253 e. The molecule has 0 spiro atoms. The molecule has 5 nitrogen and oxygen atoms in total. The summed E-state index contributed by atoms with van der Waals surface area (Å²) in [6.45, 7) is 4.95. The number of rotatable bonds is 2. The molecule has 2 saturated heterocycles. The zero-order chi connectivity index (χ0) is 14.8. The average molecular weight is 311 g/mol. The molecule has 1 unspecified atom stereocenters. The summed E-state index contributed by atoms with van der Waals surface area (Å²) in [4.78, 5) is 16.7. The van der Waals surface area contributed by atoms with Crippen LogP contribution in [0.25, 0.3) is 0 Å². The third kappa shape index (κ3) is 3.15. The van der Waals surface area contributed by atoms with Gasteiger partial charge in [-0.25, -0.2) is 0 Å². The molecular formula is C15H19ClN2O3. The second-order valence-corrected chi connectivity index (χ2v) is 5.92. The number of carbonyl (C=O) groups excluding carboxylic acids is 1. The Morgan fingerprint density at radius 2 is 2.05 bits per heavy atom. The number of benzene rings is 1. The lowest BCUT2D eigenvalue weighted by molar-refractivity contribution is 0.0185. The molecular weight excluding hydrogens is 292 g/mol. The Bertz CT molecular complexity index is 532.